The van der Waals surface area contributed by atoms with E-state index in [1.54, 1.807) is 0 Å². The van der Waals surface area contributed by atoms with E-state index in [1.165, 1.54) is 37.7 Å². The van der Waals surface area contributed by atoms with Crippen molar-refractivity contribution in [2.45, 2.75) is 77.0 Å². The van der Waals surface area contributed by atoms with Crippen molar-refractivity contribution in [3.8, 4) is 0 Å². The first kappa shape index (κ1) is 20.5. The molecule has 1 unspecified atom stereocenters. The summed E-state index contributed by atoms with van der Waals surface area (Å²) in [5.74, 6) is 0. The summed E-state index contributed by atoms with van der Waals surface area (Å²) in [7, 11) is 0. The number of carbonyl (C=O) groups is 1. The van der Waals surface area contributed by atoms with Crippen molar-refractivity contribution in [1.82, 2.24) is 9.80 Å². The van der Waals surface area contributed by atoms with Gasteiger partial charge in [0, 0.05) is 36.2 Å². The van der Waals surface area contributed by atoms with E-state index in [1.807, 2.05) is 37.8 Å². The first-order valence-electron chi connectivity index (χ1n) is 10.2. The topological polar surface area (TPSA) is 32.8 Å². The summed E-state index contributed by atoms with van der Waals surface area (Å²) in [6, 6.07) is 8.54. The van der Waals surface area contributed by atoms with E-state index in [4.69, 9.17) is 16.3 Å². The smallest absolute Gasteiger partial charge is 0.410 e. The Morgan fingerprint density at radius 1 is 1.11 bits per heavy atom. The molecule has 1 amide bonds. The molecule has 1 heterocycles. The molecule has 1 aliphatic carbocycles. The molecule has 0 aromatic heterocycles. The maximum absolute atomic E-state index is 12.6. The molecule has 1 saturated carbocycles. The standard InChI is InChI=1S/C22H33ClN2O2/c1-17-16-24(14-15-25(17)20(26)27-21(2,3)4)22(12-6-5-7-13-22)18-8-10-19(23)11-9-18/h8-11,17H,5-7,12-16H2,1-4H3. The van der Waals surface area contributed by atoms with Crippen LogP contribution in [0.25, 0.3) is 0 Å². The van der Waals surface area contributed by atoms with E-state index in [9.17, 15) is 4.79 Å². The van der Waals surface area contributed by atoms with Crippen LogP contribution in [0.3, 0.4) is 0 Å². The third kappa shape index (κ3) is 4.60. The zero-order valence-electron chi connectivity index (χ0n) is 17.1. The lowest BCUT2D eigenvalue weighted by Gasteiger charge is -2.52. The second-order valence-electron chi connectivity index (χ2n) is 9.07. The third-order valence-electron chi connectivity index (χ3n) is 5.92. The summed E-state index contributed by atoms with van der Waals surface area (Å²) in [6.07, 6.45) is 5.97. The van der Waals surface area contributed by atoms with Crippen LogP contribution in [-0.2, 0) is 10.3 Å². The number of ether oxygens (including phenoxy) is 1. The maximum atomic E-state index is 12.6. The molecule has 3 rings (SSSR count). The Morgan fingerprint density at radius 3 is 2.30 bits per heavy atom. The molecule has 150 valence electrons. The summed E-state index contributed by atoms with van der Waals surface area (Å²) in [5, 5.41) is 0.785. The number of hydrogen-bond donors (Lipinski definition) is 0. The average Bonchev–Trinajstić information content (AvgIpc) is 2.61. The van der Waals surface area contributed by atoms with Gasteiger partial charge < -0.3 is 9.64 Å². The molecule has 0 radical (unpaired) electrons. The highest BCUT2D eigenvalue weighted by molar-refractivity contribution is 6.30. The van der Waals surface area contributed by atoms with E-state index in [0.717, 1.165) is 18.1 Å². The molecule has 0 spiro atoms. The number of piperazine rings is 1. The molecule has 1 aromatic rings. The molecule has 2 aliphatic rings. The summed E-state index contributed by atoms with van der Waals surface area (Å²) in [6.45, 7) is 10.4. The van der Waals surface area contributed by atoms with Crippen molar-refractivity contribution in [3.05, 3.63) is 34.9 Å². The molecule has 1 aliphatic heterocycles. The van der Waals surface area contributed by atoms with Crippen LogP contribution >= 0.6 is 11.6 Å². The molecular formula is C22H33ClN2O2. The number of amides is 1. The Balaban J connectivity index is 1.78. The van der Waals surface area contributed by atoms with Crippen LogP contribution < -0.4 is 0 Å². The number of halogens is 1. The second kappa shape index (κ2) is 8.00. The Bertz CT molecular complexity index is 647. The van der Waals surface area contributed by atoms with Crippen LogP contribution in [0.5, 0.6) is 0 Å². The fourth-order valence-corrected chi connectivity index (χ4v) is 4.75. The highest BCUT2D eigenvalue weighted by Crippen LogP contribution is 2.43. The second-order valence-corrected chi connectivity index (χ2v) is 9.50. The molecule has 1 aromatic carbocycles. The highest BCUT2D eigenvalue weighted by atomic mass is 35.5. The Hall–Kier alpha value is -1.26. The van der Waals surface area contributed by atoms with Gasteiger partial charge in [0.25, 0.3) is 0 Å². The molecule has 5 heteroatoms. The minimum Gasteiger partial charge on any atom is -0.444 e. The predicted molar refractivity (Wildman–Crippen MR) is 110 cm³/mol. The van der Waals surface area contributed by atoms with E-state index >= 15 is 0 Å². The summed E-state index contributed by atoms with van der Waals surface area (Å²) >= 11 is 6.14. The molecule has 1 atom stereocenters. The zero-order chi connectivity index (χ0) is 19.7. The quantitative estimate of drug-likeness (QED) is 0.671. The minimum atomic E-state index is -0.457. The van der Waals surface area contributed by atoms with Gasteiger partial charge in [-0.05, 0) is 58.2 Å². The van der Waals surface area contributed by atoms with Crippen LogP contribution in [0.1, 0.15) is 65.4 Å². The van der Waals surface area contributed by atoms with Gasteiger partial charge in [-0.25, -0.2) is 4.79 Å². The molecule has 4 nitrogen and oxygen atoms in total. The Kier molecular flexibility index (Phi) is 6.07. The lowest BCUT2D eigenvalue weighted by atomic mass is 9.74. The highest BCUT2D eigenvalue weighted by Gasteiger charge is 2.43. The van der Waals surface area contributed by atoms with E-state index in [0.29, 0.717) is 6.54 Å². The maximum Gasteiger partial charge on any atom is 0.410 e. The van der Waals surface area contributed by atoms with E-state index < -0.39 is 5.60 Å². The molecule has 0 N–H and O–H groups in total. The van der Waals surface area contributed by atoms with Crippen LogP contribution in [0.4, 0.5) is 4.79 Å². The van der Waals surface area contributed by atoms with Crippen LogP contribution in [0, 0.1) is 0 Å². The zero-order valence-corrected chi connectivity index (χ0v) is 17.9. The largest absolute Gasteiger partial charge is 0.444 e. The van der Waals surface area contributed by atoms with Gasteiger partial charge in [0.2, 0.25) is 0 Å². The van der Waals surface area contributed by atoms with E-state index in [2.05, 4.69) is 24.0 Å². The normalized spacial score (nSPS) is 23.9. The first-order chi connectivity index (χ1) is 12.7. The average molecular weight is 393 g/mol. The van der Waals surface area contributed by atoms with Crippen molar-refractivity contribution in [2.24, 2.45) is 0 Å². The number of nitrogens with zero attached hydrogens (tertiary/aromatic N) is 2. The monoisotopic (exact) mass is 392 g/mol. The van der Waals surface area contributed by atoms with Gasteiger partial charge in [-0.15, -0.1) is 0 Å². The van der Waals surface area contributed by atoms with Crippen LogP contribution in [-0.4, -0.2) is 47.2 Å². The van der Waals surface area contributed by atoms with Crippen LogP contribution in [0.2, 0.25) is 5.02 Å². The van der Waals surface area contributed by atoms with Gasteiger partial charge in [0.05, 0.1) is 0 Å². The van der Waals surface area contributed by atoms with Crippen LogP contribution in [0.15, 0.2) is 24.3 Å². The van der Waals surface area contributed by atoms with Gasteiger partial charge in [-0.3, -0.25) is 4.90 Å². The van der Waals surface area contributed by atoms with Crippen molar-refractivity contribution >= 4 is 17.7 Å². The van der Waals surface area contributed by atoms with Crippen molar-refractivity contribution in [3.63, 3.8) is 0 Å². The molecule has 2 fully saturated rings. The first-order valence-corrected chi connectivity index (χ1v) is 10.6. The number of carbonyl (C=O) groups excluding carboxylic acids is 1. The third-order valence-corrected chi connectivity index (χ3v) is 6.18. The van der Waals surface area contributed by atoms with E-state index in [-0.39, 0.29) is 17.7 Å². The molecular weight excluding hydrogens is 360 g/mol. The van der Waals surface area contributed by atoms with Crippen molar-refractivity contribution < 1.29 is 9.53 Å². The lowest BCUT2D eigenvalue weighted by molar-refractivity contribution is -0.0336. The predicted octanol–water partition coefficient (Wildman–Crippen LogP) is 5.44. The summed E-state index contributed by atoms with van der Waals surface area (Å²) < 4.78 is 5.61. The lowest BCUT2D eigenvalue weighted by Crippen LogP contribution is -2.60. The van der Waals surface area contributed by atoms with Gasteiger partial charge in [-0.2, -0.15) is 0 Å². The van der Waals surface area contributed by atoms with Gasteiger partial charge >= 0.3 is 6.09 Å². The Morgan fingerprint density at radius 2 is 1.74 bits per heavy atom. The summed E-state index contributed by atoms with van der Waals surface area (Å²) in [4.78, 5) is 17.1. The number of benzene rings is 1. The molecule has 1 saturated heterocycles. The van der Waals surface area contributed by atoms with Crippen molar-refractivity contribution in [1.29, 1.82) is 0 Å². The molecule has 0 bridgehead atoms. The number of hydrogen-bond acceptors (Lipinski definition) is 3. The van der Waals surface area contributed by atoms with Crippen molar-refractivity contribution in [2.75, 3.05) is 19.6 Å². The fourth-order valence-electron chi connectivity index (χ4n) is 4.62. The summed E-state index contributed by atoms with van der Waals surface area (Å²) in [5.41, 5.74) is 0.975. The SMILES string of the molecule is CC1CN(C2(c3ccc(Cl)cc3)CCCCC2)CCN1C(=O)OC(C)(C)C. The number of rotatable bonds is 2. The molecule has 27 heavy (non-hydrogen) atoms. The fraction of sp³-hybridized carbons (Fsp3) is 0.682. The van der Waals surface area contributed by atoms with Gasteiger partial charge in [0.1, 0.15) is 5.60 Å². The van der Waals surface area contributed by atoms with Gasteiger partial charge in [0.15, 0.2) is 0 Å². The minimum absolute atomic E-state index is 0.0666. The Labute approximate surface area is 168 Å². The van der Waals surface area contributed by atoms with Gasteiger partial charge in [-0.1, -0.05) is 43.0 Å².